The molecule has 1 N–H and O–H groups in total. The summed E-state index contributed by atoms with van der Waals surface area (Å²) in [6.45, 7) is 6.14. The first-order valence-electron chi connectivity index (χ1n) is 6.26. The number of nitrogens with one attached hydrogen (secondary N) is 1. The maximum absolute atomic E-state index is 12.6. The average molecular weight is 269 g/mol. The van der Waals surface area contributed by atoms with Crippen LogP contribution in [0.3, 0.4) is 0 Å². The molecule has 0 aliphatic carbocycles. The second-order valence-electron chi connectivity index (χ2n) is 4.93. The number of thiophene rings is 1. The molecule has 0 aliphatic heterocycles. The normalized spacial score (nSPS) is 11.1. The third-order valence-corrected chi connectivity index (χ3v) is 4.62. The fraction of sp³-hybridized carbons (Fsp3) is 0.188. The maximum atomic E-state index is 12.6. The fourth-order valence-corrected chi connectivity index (χ4v) is 3.23. The van der Waals surface area contributed by atoms with Crippen LogP contribution in [0.5, 0.6) is 0 Å². The molecule has 0 saturated carbocycles. The van der Waals surface area contributed by atoms with E-state index in [9.17, 15) is 4.79 Å². The molecule has 0 atom stereocenters. The number of H-pyrrole nitrogens is 1. The molecule has 0 spiro atoms. The topological polar surface area (TPSA) is 32.9 Å². The van der Waals surface area contributed by atoms with Crippen LogP contribution in [0.25, 0.3) is 10.9 Å². The first kappa shape index (κ1) is 12.2. The van der Waals surface area contributed by atoms with E-state index in [2.05, 4.69) is 18.0 Å². The summed E-state index contributed by atoms with van der Waals surface area (Å²) >= 11 is 1.57. The Morgan fingerprint density at radius 2 is 1.95 bits per heavy atom. The van der Waals surface area contributed by atoms with Crippen molar-refractivity contribution in [1.82, 2.24) is 4.98 Å². The van der Waals surface area contributed by atoms with Crippen LogP contribution in [-0.4, -0.2) is 10.8 Å². The number of carbonyl (C=O) groups excluding carboxylic acids is 1. The largest absolute Gasteiger partial charge is 0.360 e. The van der Waals surface area contributed by atoms with Gasteiger partial charge in [-0.25, -0.2) is 0 Å². The zero-order chi connectivity index (χ0) is 13.6. The standard InChI is InChI=1S/C16H15NOS/c1-9-4-5-12-13(8-17-14(12)6-9)16(18)15-7-10(2)11(3)19-15/h4-8,17H,1-3H3. The Hall–Kier alpha value is -1.87. The highest BCUT2D eigenvalue weighted by Crippen LogP contribution is 2.27. The van der Waals surface area contributed by atoms with Gasteiger partial charge in [0.05, 0.1) is 4.88 Å². The molecule has 3 heteroatoms. The van der Waals surface area contributed by atoms with Crippen molar-refractivity contribution in [3.63, 3.8) is 0 Å². The molecule has 1 aromatic carbocycles. The molecule has 0 aliphatic rings. The Kier molecular flexibility index (Phi) is 2.79. The number of carbonyl (C=O) groups is 1. The number of ketones is 1. The Morgan fingerprint density at radius 1 is 1.16 bits per heavy atom. The van der Waals surface area contributed by atoms with E-state index in [1.165, 1.54) is 16.0 Å². The van der Waals surface area contributed by atoms with Crippen molar-refractivity contribution in [3.05, 3.63) is 56.9 Å². The zero-order valence-electron chi connectivity index (χ0n) is 11.2. The van der Waals surface area contributed by atoms with Crippen LogP contribution >= 0.6 is 11.3 Å². The smallest absolute Gasteiger partial charge is 0.205 e. The molecule has 0 radical (unpaired) electrons. The van der Waals surface area contributed by atoms with Crippen molar-refractivity contribution >= 4 is 28.0 Å². The van der Waals surface area contributed by atoms with Crippen LogP contribution in [0.4, 0.5) is 0 Å². The van der Waals surface area contributed by atoms with Gasteiger partial charge < -0.3 is 4.98 Å². The second-order valence-corrected chi connectivity index (χ2v) is 6.19. The molecule has 3 rings (SSSR count). The number of hydrogen-bond donors (Lipinski definition) is 1. The number of aromatic nitrogens is 1. The Labute approximate surface area is 116 Å². The minimum absolute atomic E-state index is 0.108. The summed E-state index contributed by atoms with van der Waals surface area (Å²) in [6.07, 6.45) is 1.82. The SMILES string of the molecule is Cc1ccc2c(C(=O)c3cc(C)c(C)s3)c[nH]c2c1. The van der Waals surface area contributed by atoms with Crippen LogP contribution in [0.15, 0.2) is 30.5 Å². The zero-order valence-corrected chi connectivity index (χ0v) is 12.0. The highest BCUT2D eigenvalue weighted by Gasteiger charge is 2.16. The van der Waals surface area contributed by atoms with Crippen molar-refractivity contribution in [2.24, 2.45) is 0 Å². The Balaban J connectivity index is 2.11. The number of rotatable bonds is 2. The lowest BCUT2D eigenvalue weighted by atomic mass is 10.1. The summed E-state index contributed by atoms with van der Waals surface area (Å²) < 4.78 is 0. The van der Waals surface area contributed by atoms with Gasteiger partial charge in [-0.3, -0.25) is 4.79 Å². The van der Waals surface area contributed by atoms with E-state index in [1.807, 2.05) is 38.2 Å². The Bertz CT molecular complexity index is 760. The van der Waals surface area contributed by atoms with Gasteiger partial charge in [0, 0.05) is 27.5 Å². The number of fused-ring (bicyclic) bond motifs is 1. The molecular formula is C16H15NOS. The van der Waals surface area contributed by atoms with Crippen LogP contribution in [0.1, 0.15) is 31.2 Å². The van der Waals surface area contributed by atoms with E-state index in [4.69, 9.17) is 0 Å². The van der Waals surface area contributed by atoms with E-state index >= 15 is 0 Å². The van der Waals surface area contributed by atoms with Gasteiger partial charge in [-0.05, 0) is 44.0 Å². The van der Waals surface area contributed by atoms with Crippen LogP contribution in [0.2, 0.25) is 0 Å². The lowest BCUT2D eigenvalue weighted by Crippen LogP contribution is -1.96. The van der Waals surface area contributed by atoms with Crippen LogP contribution in [0, 0.1) is 20.8 Å². The van der Waals surface area contributed by atoms with Gasteiger partial charge in [-0.15, -0.1) is 11.3 Å². The summed E-state index contributed by atoms with van der Waals surface area (Å²) in [5.41, 5.74) is 4.16. The van der Waals surface area contributed by atoms with Gasteiger partial charge in [0.2, 0.25) is 5.78 Å². The minimum Gasteiger partial charge on any atom is -0.360 e. The van der Waals surface area contributed by atoms with E-state index < -0.39 is 0 Å². The monoisotopic (exact) mass is 269 g/mol. The summed E-state index contributed by atoms with van der Waals surface area (Å²) in [7, 11) is 0. The predicted molar refractivity (Wildman–Crippen MR) is 80.3 cm³/mol. The van der Waals surface area contributed by atoms with Crippen molar-refractivity contribution < 1.29 is 4.79 Å². The third kappa shape index (κ3) is 2.00. The molecular weight excluding hydrogens is 254 g/mol. The maximum Gasteiger partial charge on any atom is 0.205 e. The lowest BCUT2D eigenvalue weighted by Gasteiger charge is -1.97. The molecule has 0 fully saturated rings. The number of benzene rings is 1. The fourth-order valence-electron chi connectivity index (χ4n) is 2.25. The summed E-state index contributed by atoms with van der Waals surface area (Å²) in [6, 6.07) is 8.10. The van der Waals surface area contributed by atoms with Crippen LogP contribution < -0.4 is 0 Å². The molecule has 2 aromatic heterocycles. The second kappa shape index (κ2) is 4.35. The minimum atomic E-state index is 0.108. The Morgan fingerprint density at radius 3 is 2.63 bits per heavy atom. The van der Waals surface area contributed by atoms with E-state index in [0.29, 0.717) is 0 Å². The first-order chi connectivity index (χ1) is 9.06. The number of hydrogen-bond acceptors (Lipinski definition) is 2. The van der Waals surface area contributed by atoms with Gasteiger partial charge in [-0.2, -0.15) is 0 Å². The highest BCUT2D eigenvalue weighted by atomic mass is 32.1. The molecule has 2 heterocycles. The van der Waals surface area contributed by atoms with Gasteiger partial charge in [0.25, 0.3) is 0 Å². The van der Waals surface area contributed by atoms with Gasteiger partial charge in [0.1, 0.15) is 0 Å². The molecule has 0 saturated heterocycles. The van der Waals surface area contributed by atoms with Gasteiger partial charge in [0.15, 0.2) is 0 Å². The molecule has 0 unspecified atom stereocenters. The highest BCUT2D eigenvalue weighted by molar-refractivity contribution is 7.14. The van der Waals surface area contributed by atoms with Gasteiger partial charge in [-0.1, -0.05) is 12.1 Å². The molecule has 96 valence electrons. The van der Waals surface area contributed by atoms with Crippen molar-refractivity contribution in [1.29, 1.82) is 0 Å². The third-order valence-electron chi connectivity index (χ3n) is 3.47. The average Bonchev–Trinajstić information content (AvgIpc) is 2.93. The molecule has 0 bridgehead atoms. The van der Waals surface area contributed by atoms with E-state index in [0.717, 1.165) is 21.3 Å². The number of aromatic amines is 1. The molecule has 2 nitrogen and oxygen atoms in total. The van der Waals surface area contributed by atoms with Crippen molar-refractivity contribution in [2.45, 2.75) is 20.8 Å². The molecule has 0 amide bonds. The van der Waals surface area contributed by atoms with E-state index in [-0.39, 0.29) is 5.78 Å². The predicted octanol–water partition coefficient (Wildman–Crippen LogP) is 4.39. The molecule has 19 heavy (non-hydrogen) atoms. The van der Waals surface area contributed by atoms with Gasteiger partial charge >= 0.3 is 0 Å². The summed E-state index contributed by atoms with van der Waals surface area (Å²) in [5, 5.41) is 0.999. The van der Waals surface area contributed by atoms with Crippen molar-refractivity contribution in [3.8, 4) is 0 Å². The van der Waals surface area contributed by atoms with Crippen LogP contribution in [-0.2, 0) is 0 Å². The molecule has 3 aromatic rings. The first-order valence-corrected chi connectivity index (χ1v) is 7.07. The summed E-state index contributed by atoms with van der Waals surface area (Å²) in [4.78, 5) is 17.8. The van der Waals surface area contributed by atoms with E-state index in [1.54, 1.807) is 11.3 Å². The summed E-state index contributed by atoms with van der Waals surface area (Å²) in [5.74, 6) is 0.108. The van der Waals surface area contributed by atoms with Crippen molar-refractivity contribution in [2.75, 3.05) is 0 Å². The lowest BCUT2D eigenvalue weighted by molar-refractivity contribution is 0.104. The number of aryl methyl sites for hydroxylation is 3. The quantitative estimate of drug-likeness (QED) is 0.688.